The van der Waals surface area contributed by atoms with Gasteiger partial charge in [-0.25, -0.2) is 0 Å². The van der Waals surface area contributed by atoms with E-state index in [9.17, 15) is 9.59 Å². The molecule has 2 aliphatic heterocycles. The first-order valence-electron chi connectivity index (χ1n) is 8.03. The number of para-hydroxylation sites is 1. The number of carbonyl (C=O) groups is 2. The van der Waals surface area contributed by atoms with Crippen LogP contribution in [0.25, 0.3) is 0 Å². The van der Waals surface area contributed by atoms with Crippen LogP contribution in [0, 0.1) is 0 Å². The third kappa shape index (κ3) is 2.62. The molecule has 0 bridgehead atoms. The predicted molar refractivity (Wildman–Crippen MR) is 88.6 cm³/mol. The lowest BCUT2D eigenvalue weighted by atomic mass is 10.1. The lowest BCUT2D eigenvalue weighted by Crippen LogP contribution is -2.29. The van der Waals surface area contributed by atoms with Crippen molar-refractivity contribution in [1.82, 2.24) is 0 Å². The van der Waals surface area contributed by atoms with Crippen molar-refractivity contribution in [1.29, 1.82) is 0 Å². The number of ketones is 1. The zero-order valence-corrected chi connectivity index (χ0v) is 13.2. The normalized spacial score (nSPS) is 14.6. The first kappa shape index (κ1) is 14.8. The molecule has 0 spiro atoms. The Labute approximate surface area is 139 Å². The highest BCUT2D eigenvalue weighted by molar-refractivity contribution is 6.01. The van der Waals surface area contributed by atoms with E-state index in [1.165, 1.54) is 5.56 Å². The number of ether oxygens (including phenoxy) is 2. The van der Waals surface area contributed by atoms with Crippen LogP contribution in [-0.2, 0) is 11.2 Å². The Hall–Kier alpha value is -2.82. The summed E-state index contributed by atoms with van der Waals surface area (Å²) in [4.78, 5) is 26.6. The lowest BCUT2D eigenvalue weighted by Gasteiger charge is -2.17. The quantitative estimate of drug-likeness (QED) is 0.812. The number of anilines is 1. The monoisotopic (exact) mass is 323 g/mol. The zero-order valence-electron chi connectivity index (χ0n) is 13.2. The van der Waals surface area contributed by atoms with Gasteiger partial charge in [0.05, 0.1) is 0 Å². The SMILES string of the molecule is O=C(CCC(=O)N1CCc2ccccc21)c1ccc2c(c1)OCO2. The third-order valence-corrected chi connectivity index (χ3v) is 4.45. The van der Waals surface area contributed by atoms with Gasteiger partial charge in [-0.15, -0.1) is 0 Å². The first-order valence-corrected chi connectivity index (χ1v) is 8.03. The molecule has 0 atom stereocenters. The van der Waals surface area contributed by atoms with E-state index >= 15 is 0 Å². The molecule has 2 aromatic rings. The molecular formula is C19H17NO4. The van der Waals surface area contributed by atoms with Crippen LogP contribution in [0.3, 0.4) is 0 Å². The fourth-order valence-corrected chi connectivity index (χ4v) is 3.17. The van der Waals surface area contributed by atoms with Crippen LogP contribution in [0.5, 0.6) is 11.5 Å². The molecule has 0 unspecified atom stereocenters. The minimum Gasteiger partial charge on any atom is -0.454 e. The molecule has 0 saturated carbocycles. The topological polar surface area (TPSA) is 55.8 Å². The van der Waals surface area contributed by atoms with Crippen LogP contribution >= 0.6 is 0 Å². The summed E-state index contributed by atoms with van der Waals surface area (Å²) in [6.07, 6.45) is 1.27. The number of rotatable bonds is 4. The number of benzene rings is 2. The maximum absolute atomic E-state index is 12.5. The van der Waals surface area contributed by atoms with E-state index in [0.29, 0.717) is 23.6 Å². The second-order valence-electron chi connectivity index (χ2n) is 5.92. The van der Waals surface area contributed by atoms with Gasteiger partial charge in [-0.1, -0.05) is 18.2 Å². The number of nitrogens with zero attached hydrogens (tertiary/aromatic N) is 1. The molecule has 1 amide bonds. The molecule has 2 aromatic carbocycles. The average molecular weight is 323 g/mol. The number of carbonyl (C=O) groups excluding carboxylic acids is 2. The third-order valence-electron chi connectivity index (χ3n) is 4.45. The fraction of sp³-hybridized carbons (Fsp3) is 0.263. The van der Waals surface area contributed by atoms with Crippen LogP contribution in [0.2, 0.25) is 0 Å². The number of hydrogen-bond donors (Lipinski definition) is 0. The van der Waals surface area contributed by atoms with E-state index in [4.69, 9.17) is 9.47 Å². The van der Waals surface area contributed by atoms with Gasteiger partial charge < -0.3 is 14.4 Å². The predicted octanol–water partition coefficient (Wildman–Crippen LogP) is 2.97. The highest BCUT2D eigenvalue weighted by Gasteiger charge is 2.24. The summed E-state index contributed by atoms with van der Waals surface area (Å²) in [7, 11) is 0. The Bertz CT molecular complexity index is 815. The van der Waals surface area contributed by atoms with E-state index in [-0.39, 0.29) is 31.3 Å². The highest BCUT2D eigenvalue weighted by atomic mass is 16.7. The summed E-state index contributed by atoms with van der Waals surface area (Å²) >= 11 is 0. The van der Waals surface area contributed by atoms with Crippen molar-refractivity contribution in [3.05, 3.63) is 53.6 Å². The minimum absolute atomic E-state index is 0.00552. The summed E-state index contributed by atoms with van der Waals surface area (Å²) in [5.41, 5.74) is 2.71. The van der Waals surface area contributed by atoms with E-state index in [1.54, 1.807) is 23.1 Å². The molecule has 0 N–H and O–H groups in total. The molecular weight excluding hydrogens is 306 g/mol. The summed E-state index contributed by atoms with van der Waals surface area (Å²) in [6.45, 7) is 0.871. The molecule has 122 valence electrons. The van der Waals surface area contributed by atoms with Crippen LogP contribution in [0.1, 0.15) is 28.8 Å². The standard InChI is InChI=1S/C19H17NO4/c21-16(14-5-7-17-18(11-14)24-12-23-17)6-8-19(22)20-10-9-13-3-1-2-4-15(13)20/h1-5,7,11H,6,8-10,12H2. The summed E-state index contributed by atoms with van der Waals surface area (Å²) in [5.74, 6) is 1.17. The van der Waals surface area contributed by atoms with Crippen LogP contribution < -0.4 is 14.4 Å². The molecule has 0 aromatic heterocycles. The summed E-state index contributed by atoms with van der Waals surface area (Å²) in [6, 6.07) is 13.0. The van der Waals surface area contributed by atoms with Crippen molar-refractivity contribution in [2.75, 3.05) is 18.2 Å². The second kappa shape index (κ2) is 6.00. The Kier molecular flexibility index (Phi) is 3.69. The van der Waals surface area contributed by atoms with Gasteiger partial charge in [-0.3, -0.25) is 9.59 Å². The molecule has 5 heteroatoms. The van der Waals surface area contributed by atoms with Crippen LogP contribution in [0.15, 0.2) is 42.5 Å². The molecule has 4 rings (SSSR count). The summed E-state index contributed by atoms with van der Waals surface area (Å²) < 4.78 is 10.5. The molecule has 24 heavy (non-hydrogen) atoms. The maximum atomic E-state index is 12.5. The van der Waals surface area contributed by atoms with Crippen LogP contribution in [0.4, 0.5) is 5.69 Å². The smallest absolute Gasteiger partial charge is 0.231 e. The fourth-order valence-electron chi connectivity index (χ4n) is 3.17. The zero-order chi connectivity index (χ0) is 16.5. The van der Waals surface area contributed by atoms with Crippen LogP contribution in [-0.4, -0.2) is 25.0 Å². The molecule has 2 heterocycles. The van der Waals surface area contributed by atoms with E-state index in [2.05, 4.69) is 0 Å². The van der Waals surface area contributed by atoms with Crippen molar-refractivity contribution in [3.8, 4) is 11.5 Å². The van der Waals surface area contributed by atoms with Crippen molar-refractivity contribution in [2.45, 2.75) is 19.3 Å². The first-order chi connectivity index (χ1) is 11.7. The second-order valence-corrected chi connectivity index (χ2v) is 5.92. The van der Waals surface area contributed by atoms with Gasteiger partial charge in [0, 0.05) is 30.6 Å². The van der Waals surface area contributed by atoms with Crippen molar-refractivity contribution >= 4 is 17.4 Å². The van der Waals surface area contributed by atoms with Crippen molar-refractivity contribution < 1.29 is 19.1 Å². The van der Waals surface area contributed by atoms with Gasteiger partial charge in [-0.2, -0.15) is 0 Å². The molecule has 0 radical (unpaired) electrons. The maximum Gasteiger partial charge on any atom is 0.231 e. The Morgan fingerprint density at radius 1 is 1.00 bits per heavy atom. The van der Waals surface area contributed by atoms with E-state index in [1.807, 2.05) is 24.3 Å². The highest BCUT2D eigenvalue weighted by Crippen LogP contribution is 2.33. The largest absolute Gasteiger partial charge is 0.454 e. The average Bonchev–Trinajstić information content (AvgIpc) is 3.25. The number of Topliss-reactive ketones (excluding diaryl/α,β-unsaturated/α-hetero) is 1. The molecule has 0 saturated heterocycles. The molecule has 0 aliphatic carbocycles. The van der Waals surface area contributed by atoms with Crippen molar-refractivity contribution in [2.24, 2.45) is 0 Å². The summed E-state index contributed by atoms with van der Waals surface area (Å²) in [5, 5.41) is 0. The van der Waals surface area contributed by atoms with Gasteiger partial charge in [-0.05, 0) is 36.2 Å². The Balaban J connectivity index is 1.40. The van der Waals surface area contributed by atoms with Crippen molar-refractivity contribution in [3.63, 3.8) is 0 Å². The number of hydrogen-bond acceptors (Lipinski definition) is 4. The lowest BCUT2D eigenvalue weighted by molar-refractivity contribution is -0.118. The molecule has 5 nitrogen and oxygen atoms in total. The Morgan fingerprint density at radius 3 is 2.75 bits per heavy atom. The minimum atomic E-state index is -0.0610. The van der Waals surface area contributed by atoms with Gasteiger partial charge in [0.2, 0.25) is 12.7 Å². The molecule has 2 aliphatic rings. The number of fused-ring (bicyclic) bond motifs is 2. The molecule has 0 fully saturated rings. The van der Waals surface area contributed by atoms with E-state index in [0.717, 1.165) is 12.1 Å². The van der Waals surface area contributed by atoms with Gasteiger partial charge in [0.25, 0.3) is 0 Å². The number of amides is 1. The van der Waals surface area contributed by atoms with Gasteiger partial charge in [0.1, 0.15) is 0 Å². The van der Waals surface area contributed by atoms with E-state index < -0.39 is 0 Å². The Morgan fingerprint density at radius 2 is 1.83 bits per heavy atom. The van der Waals surface area contributed by atoms with Gasteiger partial charge >= 0.3 is 0 Å². The van der Waals surface area contributed by atoms with Gasteiger partial charge in [0.15, 0.2) is 17.3 Å².